The minimum absolute atomic E-state index is 0.0378. The van der Waals surface area contributed by atoms with Gasteiger partial charge in [-0.1, -0.05) is 34.1 Å². The minimum Gasteiger partial charge on any atom is -0.381 e. The topological polar surface area (TPSA) is 41.1 Å². The lowest BCUT2D eigenvalue weighted by Crippen LogP contribution is -2.22. The van der Waals surface area contributed by atoms with E-state index in [-0.39, 0.29) is 5.91 Å². The van der Waals surface area contributed by atoms with Gasteiger partial charge in [-0.05, 0) is 49.2 Å². The minimum atomic E-state index is -0.0378. The molecule has 3 nitrogen and oxygen atoms in total. The second-order valence-corrected chi connectivity index (χ2v) is 5.78. The molecular weight excluding hydrogens is 328 g/mol. The van der Waals surface area contributed by atoms with Gasteiger partial charge in [0.2, 0.25) is 0 Å². The summed E-state index contributed by atoms with van der Waals surface area (Å²) in [4.78, 5) is 11.9. The van der Waals surface area contributed by atoms with Gasteiger partial charge in [-0.2, -0.15) is 0 Å². The molecule has 110 valence electrons. The zero-order valence-electron chi connectivity index (χ0n) is 12.2. The van der Waals surface area contributed by atoms with Crippen LogP contribution < -0.4 is 10.6 Å². The van der Waals surface area contributed by atoms with Crippen LogP contribution in [0.25, 0.3) is 0 Å². The quantitative estimate of drug-likeness (QED) is 0.854. The van der Waals surface area contributed by atoms with E-state index >= 15 is 0 Å². The van der Waals surface area contributed by atoms with Crippen molar-refractivity contribution in [1.82, 2.24) is 5.32 Å². The van der Waals surface area contributed by atoms with Crippen LogP contribution in [-0.2, 0) is 6.54 Å². The number of amides is 1. The normalized spacial score (nSPS) is 10.2. The van der Waals surface area contributed by atoms with Crippen molar-refractivity contribution in [3.63, 3.8) is 0 Å². The fourth-order valence-corrected chi connectivity index (χ4v) is 2.28. The van der Waals surface area contributed by atoms with E-state index in [2.05, 4.69) is 38.7 Å². The summed E-state index contributed by atoms with van der Waals surface area (Å²) in [5.41, 5.74) is 3.99. The highest BCUT2D eigenvalue weighted by molar-refractivity contribution is 9.10. The Morgan fingerprint density at radius 2 is 1.86 bits per heavy atom. The molecule has 0 aliphatic carbocycles. The lowest BCUT2D eigenvalue weighted by Gasteiger charge is -2.12. The highest BCUT2D eigenvalue weighted by Crippen LogP contribution is 2.18. The van der Waals surface area contributed by atoms with Crippen LogP contribution in [0, 0.1) is 6.92 Å². The van der Waals surface area contributed by atoms with Crippen molar-refractivity contribution in [3.8, 4) is 0 Å². The molecule has 4 heteroatoms. The van der Waals surface area contributed by atoms with Crippen molar-refractivity contribution in [2.75, 3.05) is 11.9 Å². The zero-order valence-corrected chi connectivity index (χ0v) is 13.8. The van der Waals surface area contributed by atoms with E-state index in [4.69, 9.17) is 0 Å². The maximum atomic E-state index is 11.9. The SMILES string of the molecule is CCNC(=O)c1ccc(C)c(NCc2ccc(Br)cc2)c1. The molecule has 0 spiro atoms. The Morgan fingerprint density at radius 1 is 1.14 bits per heavy atom. The predicted octanol–water partition coefficient (Wildman–Crippen LogP) is 4.12. The number of rotatable bonds is 5. The van der Waals surface area contributed by atoms with Gasteiger partial charge in [0.25, 0.3) is 5.91 Å². The molecule has 0 fully saturated rings. The van der Waals surface area contributed by atoms with Crippen LogP contribution in [-0.4, -0.2) is 12.5 Å². The van der Waals surface area contributed by atoms with E-state index in [0.29, 0.717) is 12.1 Å². The molecule has 0 saturated heterocycles. The molecule has 2 N–H and O–H groups in total. The van der Waals surface area contributed by atoms with Gasteiger partial charge in [0.1, 0.15) is 0 Å². The number of halogens is 1. The summed E-state index contributed by atoms with van der Waals surface area (Å²) < 4.78 is 1.07. The van der Waals surface area contributed by atoms with Gasteiger partial charge < -0.3 is 10.6 Å². The molecule has 0 heterocycles. The third-order valence-corrected chi connectivity index (χ3v) is 3.76. The standard InChI is InChI=1S/C17H19BrN2O/c1-3-19-17(21)14-7-4-12(2)16(10-14)20-11-13-5-8-15(18)9-6-13/h4-10,20H,3,11H2,1-2H3,(H,19,21). The third-order valence-electron chi connectivity index (χ3n) is 3.23. The number of aryl methyl sites for hydroxylation is 1. The number of nitrogens with one attached hydrogen (secondary N) is 2. The van der Waals surface area contributed by atoms with Crippen LogP contribution >= 0.6 is 15.9 Å². The smallest absolute Gasteiger partial charge is 0.251 e. The Balaban J connectivity index is 2.10. The molecular formula is C17H19BrN2O. The van der Waals surface area contributed by atoms with Gasteiger partial charge >= 0.3 is 0 Å². The molecule has 0 aromatic heterocycles. The molecule has 0 radical (unpaired) electrons. The largest absolute Gasteiger partial charge is 0.381 e. The molecule has 2 rings (SSSR count). The summed E-state index contributed by atoms with van der Waals surface area (Å²) in [5, 5.41) is 6.21. The summed E-state index contributed by atoms with van der Waals surface area (Å²) in [7, 11) is 0. The molecule has 1 amide bonds. The van der Waals surface area contributed by atoms with Gasteiger partial charge in [-0.3, -0.25) is 4.79 Å². The number of benzene rings is 2. The fourth-order valence-electron chi connectivity index (χ4n) is 2.02. The lowest BCUT2D eigenvalue weighted by molar-refractivity contribution is 0.0956. The van der Waals surface area contributed by atoms with Crippen LogP contribution in [0.3, 0.4) is 0 Å². The van der Waals surface area contributed by atoms with E-state index in [1.165, 1.54) is 5.56 Å². The molecule has 2 aromatic carbocycles. The summed E-state index contributed by atoms with van der Waals surface area (Å²) in [5.74, 6) is -0.0378. The van der Waals surface area contributed by atoms with Crippen LogP contribution in [0.1, 0.15) is 28.4 Å². The molecule has 0 unspecified atom stereocenters. The number of carbonyl (C=O) groups excluding carboxylic acids is 1. The first-order valence-electron chi connectivity index (χ1n) is 6.97. The van der Waals surface area contributed by atoms with Gasteiger partial charge in [-0.15, -0.1) is 0 Å². The Hall–Kier alpha value is -1.81. The summed E-state index contributed by atoms with van der Waals surface area (Å²) >= 11 is 3.43. The van der Waals surface area contributed by atoms with Gasteiger partial charge in [0.15, 0.2) is 0 Å². The molecule has 21 heavy (non-hydrogen) atoms. The predicted molar refractivity (Wildman–Crippen MR) is 90.7 cm³/mol. The first kappa shape index (κ1) is 15.6. The fraction of sp³-hybridized carbons (Fsp3) is 0.235. The zero-order chi connectivity index (χ0) is 15.2. The molecule has 0 saturated carbocycles. The summed E-state index contributed by atoms with van der Waals surface area (Å²) in [6.45, 7) is 5.31. The summed E-state index contributed by atoms with van der Waals surface area (Å²) in [6, 6.07) is 13.9. The molecule has 0 aliphatic rings. The number of hydrogen-bond acceptors (Lipinski definition) is 2. The first-order valence-corrected chi connectivity index (χ1v) is 7.76. The average molecular weight is 347 g/mol. The van der Waals surface area contributed by atoms with Crippen molar-refractivity contribution < 1.29 is 4.79 Å². The van der Waals surface area contributed by atoms with Crippen molar-refractivity contribution in [2.24, 2.45) is 0 Å². The maximum absolute atomic E-state index is 11.9. The summed E-state index contributed by atoms with van der Waals surface area (Å²) in [6.07, 6.45) is 0. The Bertz CT molecular complexity index is 623. The van der Waals surface area contributed by atoms with E-state index in [1.807, 2.05) is 44.2 Å². The Labute approximate surface area is 133 Å². The van der Waals surface area contributed by atoms with E-state index < -0.39 is 0 Å². The van der Waals surface area contributed by atoms with Crippen LogP contribution in [0.5, 0.6) is 0 Å². The number of hydrogen-bond donors (Lipinski definition) is 2. The second-order valence-electron chi connectivity index (χ2n) is 4.87. The van der Waals surface area contributed by atoms with Crippen LogP contribution in [0.2, 0.25) is 0 Å². The highest BCUT2D eigenvalue weighted by atomic mass is 79.9. The van der Waals surface area contributed by atoms with Gasteiger partial charge in [-0.25, -0.2) is 0 Å². The lowest BCUT2D eigenvalue weighted by atomic mass is 10.1. The molecule has 2 aromatic rings. The van der Waals surface area contributed by atoms with Crippen molar-refractivity contribution in [2.45, 2.75) is 20.4 Å². The number of carbonyl (C=O) groups is 1. The van der Waals surface area contributed by atoms with Crippen molar-refractivity contribution in [1.29, 1.82) is 0 Å². The van der Waals surface area contributed by atoms with Crippen LogP contribution in [0.4, 0.5) is 5.69 Å². The maximum Gasteiger partial charge on any atom is 0.251 e. The Morgan fingerprint density at radius 3 is 2.52 bits per heavy atom. The van der Waals surface area contributed by atoms with E-state index in [1.54, 1.807) is 0 Å². The van der Waals surface area contributed by atoms with E-state index in [9.17, 15) is 4.79 Å². The molecule has 0 aliphatic heterocycles. The highest BCUT2D eigenvalue weighted by Gasteiger charge is 2.07. The van der Waals surface area contributed by atoms with Crippen LogP contribution in [0.15, 0.2) is 46.9 Å². The molecule has 0 atom stereocenters. The van der Waals surface area contributed by atoms with Crippen molar-refractivity contribution >= 4 is 27.5 Å². The first-order chi connectivity index (χ1) is 10.1. The van der Waals surface area contributed by atoms with Gasteiger partial charge in [0.05, 0.1) is 0 Å². The Kier molecular flexibility index (Phi) is 5.39. The molecule has 0 bridgehead atoms. The van der Waals surface area contributed by atoms with Crippen molar-refractivity contribution in [3.05, 3.63) is 63.6 Å². The van der Waals surface area contributed by atoms with Gasteiger partial charge in [0, 0.05) is 28.8 Å². The average Bonchev–Trinajstić information content (AvgIpc) is 2.48. The monoisotopic (exact) mass is 346 g/mol. The second kappa shape index (κ2) is 7.27. The number of anilines is 1. The third kappa shape index (κ3) is 4.33. The van der Waals surface area contributed by atoms with E-state index in [0.717, 1.165) is 22.3 Å².